The Hall–Kier alpha value is -2.19. The molecular weight excluding hydrogens is 402 g/mol. The van der Waals surface area contributed by atoms with Gasteiger partial charge in [0.1, 0.15) is 5.82 Å². The number of carbonyl (C=O) groups excluding carboxylic acids is 1. The van der Waals surface area contributed by atoms with Crippen LogP contribution in [-0.4, -0.2) is 48.9 Å². The maximum absolute atomic E-state index is 12.4. The molecule has 0 saturated heterocycles. The summed E-state index contributed by atoms with van der Waals surface area (Å²) in [5.74, 6) is 1.45. The zero-order valence-corrected chi connectivity index (χ0v) is 19.0. The molecule has 164 valence electrons. The van der Waals surface area contributed by atoms with E-state index in [4.69, 9.17) is 4.74 Å². The molecule has 2 unspecified atom stereocenters. The molecule has 0 N–H and O–H groups in total. The number of imidazole rings is 1. The number of hydrogen-bond acceptors (Lipinski definition) is 5. The lowest BCUT2D eigenvalue weighted by Crippen LogP contribution is -2.22. The number of allylic oxidation sites excluding steroid dienone is 2. The first-order chi connectivity index (χ1) is 14.2. The molecule has 3 rings (SSSR count). The van der Waals surface area contributed by atoms with Crippen LogP contribution in [0, 0.1) is 11.8 Å². The average molecular weight is 434 g/mol. The highest BCUT2D eigenvalue weighted by Gasteiger charge is 2.21. The highest BCUT2D eigenvalue weighted by Crippen LogP contribution is 2.26. The minimum absolute atomic E-state index is 0.211. The fourth-order valence-electron chi connectivity index (χ4n) is 3.80. The van der Waals surface area contributed by atoms with Gasteiger partial charge in [0.25, 0.3) is 0 Å². The van der Waals surface area contributed by atoms with Crippen molar-refractivity contribution in [3.8, 4) is 0 Å². The molecule has 0 saturated carbocycles. The number of benzene rings is 1. The molecular formula is C22H31N3O4S. The van der Waals surface area contributed by atoms with Crippen LogP contribution in [0.15, 0.2) is 35.2 Å². The third-order valence-electron chi connectivity index (χ3n) is 5.82. The van der Waals surface area contributed by atoms with Gasteiger partial charge in [-0.2, -0.15) is 0 Å². The van der Waals surface area contributed by atoms with Gasteiger partial charge in [0.2, 0.25) is 10.0 Å². The van der Waals surface area contributed by atoms with Crippen LogP contribution in [-0.2, 0) is 32.5 Å². The van der Waals surface area contributed by atoms with Crippen molar-refractivity contribution in [3.63, 3.8) is 0 Å². The van der Waals surface area contributed by atoms with E-state index >= 15 is 0 Å². The predicted octanol–water partition coefficient (Wildman–Crippen LogP) is 3.38. The van der Waals surface area contributed by atoms with Crippen LogP contribution in [0.25, 0.3) is 11.0 Å². The van der Waals surface area contributed by atoms with Crippen molar-refractivity contribution in [1.29, 1.82) is 0 Å². The van der Waals surface area contributed by atoms with Crippen LogP contribution < -0.4 is 0 Å². The molecule has 30 heavy (non-hydrogen) atoms. The second-order valence-electron chi connectivity index (χ2n) is 8.07. The number of esters is 1. The number of ether oxygens (including phenoxy) is 1. The smallest absolute Gasteiger partial charge is 0.306 e. The number of aromatic nitrogens is 2. The summed E-state index contributed by atoms with van der Waals surface area (Å²) in [7, 11) is -0.511. The molecule has 0 radical (unpaired) electrons. The Bertz CT molecular complexity index is 1040. The average Bonchev–Trinajstić information content (AvgIpc) is 3.08. The van der Waals surface area contributed by atoms with Gasteiger partial charge in [-0.1, -0.05) is 19.1 Å². The van der Waals surface area contributed by atoms with Gasteiger partial charge in [-0.3, -0.25) is 4.79 Å². The van der Waals surface area contributed by atoms with Crippen molar-refractivity contribution in [2.24, 2.45) is 11.8 Å². The fourth-order valence-corrected chi connectivity index (χ4v) is 4.72. The fraction of sp³-hybridized carbons (Fsp3) is 0.545. The predicted molar refractivity (Wildman–Crippen MR) is 117 cm³/mol. The zero-order valence-electron chi connectivity index (χ0n) is 18.2. The summed E-state index contributed by atoms with van der Waals surface area (Å²) in [6.07, 6.45) is 7.05. The zero-order chi connectivity index (χ0) is 21.9. The van der Waals surface area contributed by atoms with Crippen LogP contribution in [0.1, 0.15) is 38.9 Å². The molecule has 1 aromatic carbocycles. The summed E-state index contributed by atoms with van der Waals surface area (Å²) in [5, 5.41) is 0. The summed E-state index contributed by atoms with van der Waals surface area (Å²) < 4.78 is 33.5. The maximum Gasteiger partial charge on any atom is 0.306 e. The van der Waals surface area contributed by atoms with Crippen LogP contribution in [0.2, 0.25) is 0 Å². The Balaban J connectivity index is 1.69. The molecule has 1 aromatic heterocycles. The number of aryl methyl sites for hydroxylation is 2. The Morgan fingerprint density at radius 2 is 2.00 bits per heavy atom. The number of carbonyl (C=O) groups is 1. The summed E-state index contributed by atoms with van der Waals surface area (Å²) in [6, 6.07) is 4.97. The standard InChI is InChI=1S/C22H31N3O4S/c1-5-25-20-11-10-18(30(27,28)24(3)4)14-19(20)23-21(25)12-13-22(26)29-15-17-9-7-6-8-16(17)2/h6-7,10-11,14,16-17H,5,8-9,12-13,15H2,1-4H3. The van der Waals surface area contributed by atoms with Gasteiger partial charge in [-0.15, -0.1) is 0 Å². The van der Waals surface area contributed by atoms with E-state index in [2.05, 4.69) is 24.1 Å². The van der Waals surface area contributed by atoms with E-state index in [1.54, 1.807) is 18.2 Å². The van der Waals surface area contributed by atoms with Gasteiger partial charge in [-0.25, -0.2) is 17.7 Å². The van der Waals surface area contributed by atoms with Crippen molar-refractivity contribution in [2.45, 2.75) is 51.0 Å². The van der Waals surface area contributed by atoms with Gasteiger partial charge in [0.05, 0.1) is 29.0 Å². The quantitative estimate of drug-likeness (QED) is 0.471. The number of hydrogen-bond donors (Lipinski definition) is 0. The lowest BCUT2D eigenvalue weighted by Gasteiger charge is -2.24. The molecule has 0 aliphatic heterocycles. The summed E-state index contributed by atoms with van der Waals surface area (Å²) in [5.41, 5.74) is 1.48. The van der Waals surface area contributed by atoms with E-state index in [1.165, 1.54) is 18.4 Å². The molecule has 2 aromatic rings. The van der Waals surface area contributed by atoms with Crippen LogP contribution in [0.5, 0.6) is 0 Å². The normalized spacial score (nSPS) is 19.5. The summed E-state index contributed by atoms with van der Waals surface area (Å²) in [6.45, 7) is 5.34. The van der Waals surface area contributed by atoms with Crippen LogP contribution in [0.3, 0.4) is 0 Å². The monoisotopic (exact) mass is 433 g/mol. The van der Waals surface area contributed by atoms with Gasteiger partial charge in [-0.05, 0) is 49.8 Å². The third kappa shape index (κ3) is 4.75. The van der Waals surface area contributed by atoms with Gasteiger partial charge >= 0.3 is 5.97 Å². The molecule has 8 heteroatoms. The van der Waals surface area contributed by atoms with Gasteiger partial charge < -0.3 is 9.30 Å². The van der Waals surface area contributed by atoms with E-state index in [-0.39, 0.29) is 17.3 Å². The lowest BCUT2D eigenvalue weighted by molar-refractivity contribution is -0.145. The van der Waals surface area contributed by atoms with E-state index in [9.17, 15) is 13.2 Å². The molecule has 0 fully saturated rings. The molecule has 0 spiro atoms. The summed E-state index contributed by atoms with van der Waals surface area (Å²) >= 11 is 0. The van der Waals surface area contributed by atoms with E-state index in [0.29, 0.717) is 36.9 Å². The first kappa shape index (κ1) is 22.5. The molecule has 0 amide bonds. The van der Waals surface area contributed by atoms with Crippen molar-refractivity contribution in [2.75, 3.05) is 20.7 Å². The highest BCUT2D eigenvalue weighted by atomic mass is 32.2. The molecule has 7 nitrogen and oxygen atoms in total. The maximum atomic E-state index is 12.4. The first-order valence-electron chi connectivity index (χ1n) is 10.5. The Morgan fingerprint density at radius 3 is 2.67 bits per heavy atom. The molecule has 1 aliphatic rings. The van der Waals surface area contributed by atoms with Gasteiger partial charge in [0, 0.05) is 27.1 Å². The molecule has 0 bridgehead atoms. The third-order valence-corrected chi connectivity index (χ3v) is 7.63. The Labute approximate surface area is 178 Å². The molecule has 1 aliphatic carbocycles. The van der Waals surface area contributed by atoms with Gasteiger partial charge in [0.15, 0.2) is 0 Å². The largest absolute Gasteiger partial charge is 0.465 e. The second kappa shape index (κ2) is 9.31. The Kier molecular flexibility index (Phi) is 6.98. The topological polar surface area (TPSA) is 81.5 Å². The van der Waals surface area contributed by atoms with Crippen molar-refractivity contribution < 1.29 is 17.9 Å². The van der Waals surface area contributed by atoms with E-state index < -0.39 is 10.0 Å². The minimum atomic E-state index is -3.52. The second-order valence-corrected chi connectivity index (χ2v) is 10.2. The van der Waals surface area contributed by atoms with Crippen molar-refractivity contribution in [3.05, 3.63) is 36.2 Å². The van der Waals surface area contributed by atoms with E-state index in [0.717, 1.165) is 24.2 Å². The first-order valence-corrected chi connectivity index (χ1v) is 11.9. The lowest BCUT2D eigenvalue weighted by atomic mass is 9.85. The number of sulfonamides is 1. The number of rotatable bonds is 8. The van der Waals surface area contributed by atoms with Crippen LogP contribution >= 0.6 is 0 Å². The minimum Gasteiger partial charge on any atom is -0.465 e. The van der Waals surface area contributed by atoms with Crippen molar-refractivity contribution in [1.82, 2.24) is 13.9 Å². The number of nitrogens with zero attached hydrogens (tertiary/aromatic N) is 3. The van der Waals surface area contributed by atoms with Crippen molar-refractivity contribution >= 4 is 27.0 Å². The summed E-state index contributed by atoms with van der Waals surface area (Å²) in [4.78, 5) is 17.1. The molecule has 1 heterocycles. The SMILES string of the molecule is CCn1c(CCC(=O)OCC2CC=CCC2C)nc2cc(S(=O)(=O)N(C)C)ccc21. The Morgan fingerprint density at radius 1 is 1.27 bits per heavy atom. The highest BCUT2D eigenvalue weighted by molar-refractivity contribution is 7.89. The van der Waals surface area contributed by atoms with E-state index in [1.807, 2.05) is 11.5 Å². The van der Waals surface area contributed by atoms with Crippen LogP contribution in [0.4, 0.5) is 0 Å². The molecule has 2 atom stereocenters. The number of fused-ring (bicyclic) bond motifs is 1.